The second kappa shape index (κ2) is 6.39. The van der Waals surface area contributed by atoms with Crippen LogP contribution in [-0.4, -0.2) is 34.3 Å². The summed E-state index contributed by atoms with van der Waals surface area (Å²) in [5.74, 6) is -0.234. The highest BCUT2D eigenvalue weighted by Crippen LogP contribution is 2.08. The van der Waals surface area contributed by atoms with Gasteiger partial charge in [0.05, 0.1) is 0 Å². The van der Waals surface area contributed by atoms with Crippen molar-refractivity contribution in [3.05, 3.63) is 36.3 Å². The predicted octanol–water partition coefficient (Wildman–Crippen LogP) is 1.22. The molecule has 0 aliphatic rings. The van der Waals surface area contributed by atoms with Crippen LogP contribution in [0.1, 0.15) is 30.8 Å². The summed E-state index contributed by atoms with van der Waals surface area (Å²) in [5, 5.41) is 5.32. The Morgan fingerprint density at radius 2 is 2.10 bits per heavy atom. The van der Waals surface area contributed by atoms with Gasteiger partial charge in [-0.3, -0.25) is 9.59 Å². The highest BCUT2D eigenvalue weighted by atomic mass is 16.2. The van der Waals surface area contributed by atoms with Crippen LogP contribution in [0.15, 0.2) is 30.6 Å². The van der Waals surface area contributed by atoms with Gasteiger partial charge in [0, 0.05) is 19.4 Å². The van der Waals surface area contributed by atoms with Gasteiger partial charge < -0.3 is 15.0 Å². The summed E-state index contributed by atoms with van der Waals surface area (Å²) in [6.45, 7) is 4.01. The fourth-order valence-corrected chi connectivity index (χ4v) is 2.15. The smallest absolute Gasteiger partial charge is 0.272 e. The van der Waals surface area contributed by atoms with Crippen LogP contribution in [0.3, 0.4) is 0 Å². The zero-order valence-corrected chi connectivity index (χ0v) is 12.5. The summed E-state index contributed by atoms with van der Waals surface area (Å²) in [6.07, 6.45) is 4.06. The van der Waals surface area contributed by atoms with Crippen molar-refractivity contribution in [2.45, 2.75) is 26.3 Å². The molecule has 2 aromatic rings. The van der Waals surface area contributed by atoms with Crippen molar-refractivity contribution < 1.29 is 9.59 Å². The third-order valence-corrected chi connectivity index (χ3v) is 3.17. The van der Waals surface area contributed by atoms with E-state index in [0.29, 0.717) is 23.7 Å². The number of nitrogens with zero attached hydrogens (tertiary/aromatic N) is 2. The molecule has 1 unspecified atom stereocenters. The monoisotopic (exact) mass is 288 g/mol. The van der Waals surface area contributed by atoms with Gasteiger partial charge in [-0.05, 0) is 24.5 Å². The number of imidazole rings is 1. The number of hydrogen-bond acceptors (Lipinski definition) is 3. The molecule has 2 heterocycles. The fourth-order valence-electron chi connectivity index (χ4n) is 2.15. The van der Waals surface area contributed by atoms with Gasteiger partial charge in [0.2, 0.25) is 5.91 Å². The number of pyridine rings is 1. The van der Waals surface area contributed by atoms with Crippen LogP contribution < -0.4 is 10.6 Å². The molecule has 2 amide bonds. The zero-order valence-electron chi connectivity index (χ0n) is 12.5. The van der Waals surface area contributed by atoms with E-state index in [9.17, 15) is 9.59 Å². The summed E-state index contributed by atoms with van der Waals surface area (Å²) in [4.78, 5) is 28.3. The van der Waals surface area contributed by atoms with Crippen molar-refractivity contribution in [1.29, 1.82) is 0 Å². The lowest BCUT2D eigenvalue weighted by Crippen LogP contribution is -2.46. The molecule has 0 spiro atoms. The highest BCUT2D eigenvalue weighted by molar-refractivity contribution is 5.96. The molecule has 0 saturated heterocycles. The SMILES string of the molecule is CNC(=O)C(CC(C)C)NC(=O)c1cn2ccccc2n1. The van der Waals surface area contributed by atoms with Gasteiger partial charge in [0.1, 0.15) is 17.4 Å². The van der Waals surface area contributed by atoms with Crippen LogP contribution in [0, 0.1) is 5.92 Å². The van der Waals surface area contributed by atoms with Gasteiger partial charge in [-0.2, -0.15) is 0 Å². The van der Waals surface area contributed by atoms with Crippen molar-refractivity contribution in [3.8, 4) is 0 Å². The number of fused-ring (bicyclic) bond motifs is 1. The van der Waals surface area contributed by atoms with Crippen LogP contribution in [0.4, 0.5) is 0 Å². The number of amides is 2. The van der Waals surface area contributed by atoms with Crippen molar-refractivity contribution in [1.82, 2.24) is 20.0 Å². The van der Waals surface area contributed by atoms with Crippen LogP contribution >= 0.6 is 0 Å². The first-order valence-electron chi connectivity index (χ1n) is 6.97. The zero-order chi connectivity index (χ0) is 15.4. The number of likely N-dealkylation sites (N-methyl/N-ethyl adjacent to an activating group) is 1. The Morgan fingerprint density at radius 1 is 1.33 bits per heavy atom. The van der Waals surface area contributed by atoms with Crippen molar-refractivity contribution in [2.24, 2.45) is 5.92 Å². The summed E-state index contributed by atoms with van der Waals surface area (Å²) in [5.41, 5.74) is 1.00. The number of aromatic nitrogens is 2. The first kappa shape index (κ1) is 15.0. The molecule has 0 fully saturated rings. The minimum absolute atomic E-state index is 0.194. The third kappa shape index (κ3) is 3.59. The molecule has 112 valence electrons. The van der Waals surface area contributed by atoms with Crippen LogP contribution in [-0.2, 0) is 4.79 Å². The molecule has 2 rings (SSSR count). The molecular weight excluding hydrogens is 268 g/mol. The predicted molar refractivity (Wildman–Crippen MR) is 80.0 cm³/mol. The van der Waals surface area contributed by atoms with Crippen LogP contribution in [0.5, 0.6) is 0 Å². The lowest BCUT2D eigenvalue weighted by molar-refractivity contribution is -0.122. The average Bonchev–Trinajstić information content (AvgIpc) is 2.89. The average molecular weight is 288 g/mol. The Morgan fingerprint density at radius 3 is 2.71 bits per heavy atom. The lowest BCUT2D eigenvalue weighted by Gasteiger charge is -2.18. The van der Waals surface area contributed by atoms with Gasteiger partial charge in [-0.25, -0.2) is 4.98 Å². The maximum absolute atomic E-state index is 12.3. The van der Waals surface area contributed by atoms with E-state index in [1.54, 1.807) is 17.6 Å². The second-order valence-electron chi connectivity index (χ2n) is 5.36. The molecule has 0 bridgehead atoms. The Hall–Kier alpha value is -2.37. The van der Waals surface area contributed by atoms with Gasteiger partial charge in [0.15, 0.2) is 0 Å². The second-order valence-corrected chi connectivity index (χ2v) is 5.36. The Labute approximate surface area is 123 Å². The van der Waals surface area contributed by atoms with E-state index < -0.39 is 6.04 Å². The molecule has 6 heteroatoms. The standard InChI is InChI=1S/C15H20N4O2/c1-10(2)8-11(14(20)16-3)18-15(21)12-9-19-7-5-4-6-13(19)17-12/h4-7,9-11H,8H2,1-3H3,(H,16,20)(H,18,21). The molecule has 0 saturated carbocycles. The third-order valence-electron chi connectivity index (χ3n) is 3.17. The Kier molecular flexibility index (Phi) is 4.57. The molecule has 1 atom stereocenters. The first-order chi connectivity index (χ1) is 10.0. The molecule has 2 N–H and O–H groups in total. The van der Waals surface area contributed by atoms with Crippen LogP contribution in [0.25, 0.3) is 5.65 Å². The number of carbonyl (C=O) groups excluding carboxylic acids is 2. The van der Waals surface area contributed by atoms with E-state index >= 15 is 0 Å². The molecule has 0 aliphatic carbocycles. The maximum Gasteiger partial charge on any atom is 0.272 e. The quantitative estimate of drug-likeness (QED) is 0.868. The normalized spacial score (nSPS) is 12.4. The topological polar surface area (TPSA) is 75.5 Å². The maximum atomic E-state index is 12.3. The molecule has 2 aromatic heterocycles. The number of rotatable bonds is 5. The molecule has 6 nitrogen and oxygen atoms in total. The molecular formula is C15H20N4O2. The molecule has 0 aromatic carbocycles. The largest absolute Gasteiger partial charge is 0.357 e. The number of carbonyl (C=O) groups is 2. The van der Waals surface area contributed by atoms with Gasteiger partial charge in [0.25, 0.3) is 5.91 Å². The van der Waals surface area contributed by atoms with Gasteiger partial charge >= 0.3 is 0 Å². The summed E-state index contributed by atoms with van der Waals surface area (Å²) < 4.78 is 1.77. The van der Waals surface area contributed by atoms with Crippen molar-refractivity contribution in [3.63, 3.8) is 0 Å². The number of hydrogen-bond donors (Lipinski definition) is 2. The summed E-state index contributed by atoms with van der Waals surface area (Å²) in [6, 6.07) is 4.99. The Balaban J connectivity index is 2.15. The Bertz CT molecular complexity index is 615. The summed E-state index contributed by atoms with van der Waals surface area (Å²) >= 11 is 0. The molecule has 21 heavy (non-hydrogen) atoms. The van der Waals surface area contributed by atoms with Gasteiger partial charge in [-0.1, -0.05) is 19.9 Å². The number of nitrogens with one attached hydrogen (secondary N) is 2. The minimum Gasteiger partial charge on any atom is -0.357 e. The lowest BCUT2D eigenvalue weighted by atomic mass is 10.0. The van der Waals surface area contributed by atoms with E-state index in [2.05, 4.69) is 15.6 Å². The van der Waals surface area contributed by atoms with E-state index in [4.69, 9.17) is 0 Å². The summed E-state index contributed by atoms with van der Waals surface area (Å²) in [7, 11) is 1.56. The molecule has 0 aliphatic heterocycles. The first-order valence-corrected chi connectivity index (χ1v) is 6.97. The van der Waals surface area contributed by atoms with Crippen molar-refractivity contribution in [2.75, 3.05) is 7.05 Å². The van der Waals surface area contributed by atoms with E-state index in [1.807, 2.05) is 38.2 Å². The van der Waals surface area contributed by atoms with Crippen LogP contribution in [0.2, 0.25) is 0 Å². The highest BCUT2D eigenvalue weighted by Gasteiger charge is 2.22. The van der Waals surface area contributed by atoms with E-state index in [-0.39, 0.29) is 11.8 Å². The molecule has 0 radical (unpaired) electrons. The fraction of sp³-hybridized carbons (Fsp3) is 0.400. The van der Waals surface area contributed by atoms with Gasteiger partial charge in [-0.15, -0.1) is 0 Å². The van der Waals surface area contributed by atoms with E-state index in [0.717, 1.165) is 0 Å². The van der Waals surface area contributed by atoms with Crippen molar-refractivity contribution >= 4 is 17.5 Å². The van der Waals surface area contributed by atoms with E-state index in [1.165, 1.54) is 0 Å². The minimum atomic E-state index is -0.549.